The lowest BCUT2D eigenvalue weighted by Gasteiger charge is -2.22. The topological polar surface area (TPSA) is 156 Å². The summed E-state index contributed by atoms with van der Waals surface area (Å²) in [6.45, 7) is 3.63. The molecule has 10 nitrogen and oxygen atoms in total. The van der Waals surface area contributed by atoms with Crippen molar-refractivity contribution in [2.24, 2.45) is 5.73 Å². The number of fused-ring (bicyclic) bond motifs is 1. The molecule has 0 aliphatic carbocycles. The molecule has 2 atom stereocenters. The Bertz CT molecular complexity index is 1990. The molecule has 4 aromatic carbocycles. The Balaban J connectivity index is 1.26. The van der Waals surface area contributed by atoms with Crippen molar-refractivity contribution in [3.05, 3.63) is 137 Å². The minimum atomic E-state index is -1.24. The molecular formula is C37H35N5O5. The quantitative estimate of drug-likeness (QED) is 0.132. The lowest BCUT2D eigenvalue weighted by atomic mass is 9.96. The zero-order valence-electron chi connectivity index (χ0n) is 26.1. The van der Waals surface area contributed by atoms with Crippen LogP contribution in [0.15, 0.2) is 102 Å². The Hall–Kier alpha value is -5.90. The van der Waals surface area contributed by atoms with Gasteiger partial charge < -0.3 is 30.4 Å². The number of ether oxygens (including phenoxy) is 1. The van der Waals surface area contributed by atoms with Crippen molar-refractivity contribution in [3.8, 4) is 16.9 Å². The van der Waals surface area contributed by atoms with Gasteiger partial charge in [0.25, 0.3) is 5.91 Å². The summed E-state index contributed by atoms with van der Waals surface area (Å²) < 4.78 is 11.1. The third-order valence-electron chi connectivity index (χ3n) is 8.24. The van der Waals surface area contributed by atoms with Gasteiger partial charge in [0.05, 0.1) is 0 Å². The maximum atomic E-state index is 13.8. The number of aromatic amines is 1. The van der Waals surface area contributed by atoms with Gasteiger partial charge in [0.15, 0.2) is 11.9 Å². The fraction of sp³-hybridized carbons (Fsp3) is 0.189. The number of hydrogen-bond donors (Lipinski definition) is 4. The van der Waals surface area contributed by atoms with Crippen LogP contribution in [-0.2, 0) is 28.8 Å². The Kier molecular flexibility index (Phi) is 9.01. The number of phenolic OH excluding ortho intramolecular Hbond substituents is 1. The van der Waals surface area contributed by atoms with Crippen LogP contribution in [0.5, 0.6) is 5.75 Å². The molecule has 1 unspecified atom stereocenters. The molecule has 6 aromatic rings. The number of hydrogen-bond acceptors (Lipinski definition) is 7. The van der Waals surface area contributed by atoms with Gasteiger partial charge in [-0.1, -0.05) is 78.0 Å². The van der Waals surface area contributed by atoms with Crippen LogP contribution in [0.3, 0.4) is 0 Å². The van der Waals surface area contributed by atoms with Gasteiger partial charge in [0.1, 0.15) is 11.8 Å². The highest BCUT2D eigenvalue weighted by atomic mass is 16.6. The minimum absolute atomic E-state index is 0.0561. The van der Waals surface area contributed by atoms with E-state index in [1.54, 1.807) is 12.1 Å². The minimum Gasteiger partial charge on any atom is -0.508 e. The van der Waals surface area contributed by atoms with Crippen LogP contribution < -0.4 is 11.1 Å². The van der Waals surface area contributed by atoms with E-state index in [0.29, 0.717) is 18.7 Å². The second-order valence-electron chi connectivity index (χ2n) is 11.6. The maximum absolute atomic E-state index is 13.8. The van der Waals surface area contributed by atoms with E-state index < -0.39 is 24.1 Å². The summed E-state index contributed by atoms with van der Waals surface area (Å²) in [5.41, 5.74) is 12.8. The highest BCUT2D eigenvalue weighted by Crippen LogP contribution is 2.27. The van der Waals surface area contributed by atoms with Crippen LogP contribution in [0.25, 0.3) is 22.0 Å². The number of aromatic nitrogens is 3. The molecule has 6 rings (SSSR count). The van der Waals surface area contributed by atoms with E-state index in [1.807, 2.05) is 74.6 Å². The van der Waals surface area contributed by atoms with Crippen molar-refractivity contribution >= 4 is 22.9 Å². The molecular weight excluding hydrogens is 594 g/mol. The van der Waals surface area contributed by atoms with E-state index in [0.717, 1.165) is 49.8 Å². The number of aromatic hydroxyl groups is 1. The first kappa shape index (κ1) is 31.1. The maximum Gasteiger partial charge on any atom is 0.405 e. The first-order chi connectivity index (χ1) is 22.7. The van der Waals surface area contributed by atoms with Gasteiger partial charge in [0, 0.05) is 36.4 Å². The van der Waals surface area contributed by atoms with Crippen LogP contribution in [0.1, 0.15) is 45.6 Å². The molecule has 10 heteroatoms. The Labute approximate surface area is 271 Å². The SMILES string of the molecule is Cc1cc(O)cc(C)c1CC(OC(N)=O)C(=O)N[C@@H](Cc1c[nH]c2ccccc12)c1nc(Cc2ccc(-c3ccccc3)cc2)no1. The van der Waals surface area contributed by atoms with Gasteiger partial charge in [-0.05, 0) is 71.0 Å². The highest BCUT2D eigenvalue weighted by molar-refractivity contribution is 5.85. The molecule has 2 heterocycles. The summed E-state index contributed by atoms with van der Waals surface area (Å²) >= 11 is 0. The summed E-state index contributed by atoms with van der Waals surface area (Å²) in [5, 5.41) is 18.2. The number of para-hydroxylation sites is 1. The smallest absolute Gasteiger partial charge is 0.405 e. The fourth-order valence-corrected chi connectivity index (χ4v) is 5.90. The van der Waals surface area contributed by atoms with Crippen LogP contribution in [-0.4, -0.2) is 38.3 Å². The molecule has 2 aromatic heterocycles. The van der Waals surface area contributed by atoms with Crippen molar-refractivity contribution in [1.82, 2.24) is 20.4 Å². The van der Waals surface area contributed by atoms with Gasteiger partial charge >= 0.3 is 6.09 Å². The predicted octanol–water partition coefficient (Wildman–Crippen LogP) is 6.24. The molecule has 2 amide bonds. The lowest BCUT2D eigenvalue weighted by molar-refractivity contribution is -0.130. The second-order valence-corrected chi connectivity index (χ2v) is 11.6. The zero-order chi connectivity index (χ0) is 32.9. The van der Waals surface area contributed by atoms with Crippen LogP contribution in [0, 0.1) is 13.8 Å². The van der Waals surface area contributed by atoms with Gasteiger partial charge in [-0.2, -0.15) is 4.98 Å². The molecule has 0 saturated carbocycles. The van der Waals surface area contributed by atoms with E-state index in [9.17, 15) is 14.7 Å². The Morgan fingerprint density at radius 2 is 1.62 bits per heavy atom. The number of nitrogens with two attached hydrogens (primary N) is 1. The fourth-order valence-electron chi connectivity index (χ4n) is 5.90. The number of nitrogens with zero attached hydrogens (tertiary/aromatic N) is 2. The Morgan fingerprint density at radius 1 is 0.936 bits per heavy atom. The molecule has 0 bridgehead atoms. The predicted molar refractivity (Wildman–Crippen MR) is 178 cm³/mol. The van der Waals surface area contributed by atoms with Crippen molar-refractivity contribution in [2.45, 2.75) is 45.3 Å². The molecule has 0 radical (unpaired) electrons. The van der Waals surface area contributed by atoms with Crippen LogP contribution in [0.2, 0.25) is 0 Å². The van der Waals surface area contributed by atoms with E-state index in [4.69, 9.17) is 15.0 Å². The average molecular weight is 630 g/mol. The monoisotopic (exact) mass is 629 g/mol. The summed E-state index contributed by atoms with van der Waals surface area (Å²) in [6.07, 6.45) is 0.371. The largest absolute Gasteiger partial charge is 0.508 e. The first-order valence-electron chi connectivity index (χ1n) is 15.3. The zero-order valence-corrected chi connectivity index (χ0v) is 26.1. The van der Waals surface area contributed by atoms with E-state index >= 15 is 0 Å². The number of carbonyl (C=O) groups excluding carboxylic acids is 2. The summed E-state index contributed by atoms with van der Waals surface area (Å²) in [7, 11) is 0. The van der Waals surface area contributed by atoms with Crippen LogP contribution >= 0.6 is 0 Å². The van der Waals surface area contributed by atoms with Gasteiger partial charge in [-0.15, -0.1) is 0 Å². The van der Waals surface area contributed by atoms with Gasteiger partial charge in [-0.3, -0.25) is 4.79 Å². The molecule has 5 N–H and O–H groups in total. The first-order valence-corrected chi connectivity index (χ1v) is 15.3. The van der Waals surface area contributed by atoms with E-state index in [1.165, 1.54) is 0 Å². The third-order valence-corrected chi connectivity index (χ3v) is 8.24. The highest BCUT2D eigenvalue weighted by Gasteiger charge is 2.30. The molecule has 0 spiro atoms. The van der Waals surface area contributed by atoms with Crippen LogP contribution in [0.4, 0.5) is 4.79 Å². The molecule has 0 fully saturated rings. The molecule has 238 valence electrons. The number of phenols is 1. The summed E-state index contributed by atoms with van der Waals surface area (Å²) in [6, 6.07) is 28.6. The average Bonchev–Trinajstić information content (AvgIpc) is 3.69. The number of H-pyrrole nitrogens is 1. The number of nitrogens with one attached hydrogen (secondary N) is 2. The molecule has 0 aliphatic rings. The van der Waals surface area contributed by atoms with E-state index in [-0.39, 0.29) is 18.1 Å². The Morgan fingerprint density at radius 3 is 2.34 bits per heavy atom. The van der Waals surface area contributed by atoms with Crippen molar-refractivity contribution in [2.75, 3.05) is 0 Å². The second kappa shape index (κ2) is 13.6. The van der Waals surface area contributed by atoms with Gasteiger partial charge in [0.2, 0.25) is 5.89 Å². The number of benzene rings is 4. The summed E-state index contributed by atoms with van der Waals surface area (Å²) in [4.78, 5) is 33.6. The number of primary amides is 1. The van der Waals surface area contributed by atoms with Crippen molar-refractivity contribution < 1.29 is 24.0 Å². The number of carbonyl (C=O) groups is 2. The number of aryl methyl sites for hydroxylation is 2. The summed E-state index contributed by atoms with van der Waals surface area (Å²) in [5.74, 6) is 0.218. The number of amides is 2. The normalized spacial score (nSPS) is 12.5. The third kappa shape index (κ3) is 7.33. The standard InChI is InChI=1S/C37H35N5O5/c1-22-16-28(43)17-23(2)30(22)20-33(46-37(38)45)35(44)40-32(19-27-21-39-31-11-7-6-10-29(27)31)36-41-34(42-47-36)18-24-12-14-26(15-13-24)25-8-4-3-5-9-25/h3-17,21,32-33,39,43H,18-20H2,1-2H3,(H2,38,45)(H,40,44)/t32-,33?/m0/s1. The van der Waals surface area contributed by atoms with E-state index in [2.05, 4.69) is 44.7 Å². The number of rotatable bonds is 11. The van der Waals surface area contributed by atoms with Gasteiger partial charge in [-0.25, -0.2) is 4.79 Å². The molecule has 0 aliphatic heterocycles. The molecule has 0 saturated heterocycles. The van der Waals surface area contributed by atoms with Crippen molar-refractivity contribution in [3.63, 3.8) is 0 Å². The lowest BCUT2D eigenvalue weighted by Crippen LogP contribution is -2.42. The van der Waals surface area contributed by atoms with Crippen molar-refractivity contribution in [1.29, 1.82) is 0 Å². The molecule has 47 heavy (non-hydrogen) atoms.